The van der Waals surface area contributed by atoms with Crippen molar-refractivity contribution in [2.45, 2.75) is 13.8 Å². The Kier molecular flexibility index (Phi) is 3.53. The van der Waals surface area contributed by atoms with E-state index >= 15 is 0 Å². The molecule has 0 saturated heterocycles. The number of nitrogens with one attached hydrogen (secondary N) is 1. The van der Waals surface area contributed by atoms with E-state index in [1.165, 1.54) is 0 Å². The maximum absolute atomic E-state index is 11.4. The van der Waals surface area contributed by atoms with E-state index in [1.807, 2.05) is 22.9 Å². The van der Waals surface area contributed by atoms with Gasteiger partial charge in [-0.15, -0.1) is 15.3 Å². The Morgan fingerprint density at radius 2 is 2.18 bits per heavy atom. The van der Waals surface area contributed by atoms with Gasteiger partial charge in [-0.1, -0.05) is 0 Å². The molecule has 7 nitrogen and oxygen atoms in total. The fourth-order valence-electron chi connectivity index (χ4n) is 1.85. The highest BCUT2D eigenvalue weighted by atomic mass is 32.1. The van der Waals surface area contributed by atoms with Crippen molar-refractivity contribution in [3.63, 3.8) is 0 Å². The van der Waals surface area contributed by atoms with Gasteiger partial charge in [0.25, 0.3) is 0 Å². The van der Waals surface area contributed by atoms with Gasteiger partial charge in [-0.2, -0.15) is 15.9 Å². The Bertz CT molecular complexity index is 808. The molecule has 0 bridgehead atoms. The number of rotatable bonds is 5. The number of hydrogen-bond acceptors (Lipinski definition) is 6. The minimum atomic E-state index is -0.653. The Morgan fingerprint density at radius 1 is 1.36 bits per heavy atom. The van der Waals surface area contributed by atoms with E-state index in [1.54, 1.807) is 35.8 Å². The predicted molar refractivity (Wildman–Crippen MR) is 85.6 cm³/mol. The number of anilines is 1. The van der Waals surface area contributed by atoms with Gasteiger partial charge in [0.05, 0.1) is 5.41 Å². The van der Waals surface area contributed by atoms with Crippen molar-refractivity contribution >= 4 is 28.7 Å². The molecule has 0 aliphatic rings. The lowest BCUT2D eigenvalue weighted by Crippen LogP contribution is -2.37. The van der Waals surface area contributed by atoms with Crippen molar-refractivity contribution < 1.29 is 4.79 Å². The third-order valence-electron chi connectivity index (χ3n) is 3.42. The average molecular weight is 316 g/mol. The maximum atomic E-state index is 11.4. The molecule has 0 unspecified atom stereocenters. The number of aromatic nitrogens is 4. The molecule has 22 heavy (non-hydrogen) atoms. The van der Waals surface area contributed by atoms with Gasteiger partial charge in [0.1, 0.15) is 5.82 Å². The third kappa shape index (κ3) is 2.64. The van der Waals surface area contributed by atoms with Crippen LogP contribution >= 0.6 is 11.3 Å². The fourth-order valence-corrected chi connectivity index (χ4v) is 2.49. The molecular formula is C14H16N6OS. The van der Waals surface area contributed by atoms with E-state index in [9.17, 15) is 4.79 Å². The molecule has 0 aromatic carbocycles. The molecule has 0 aliphatic heterocycles. The molecule has 0 saturated carbocycles. The minimum absolute atomic E-state index is 0.357. The highest BCUT2D eigenvalue weighted by Crippen LogP contribution is 2.21. The van der Waals surface area contributed by atoms with Crippen molar-refractivity contribution in [2.24, 2.45) is 11.1 Å². The summed E-state index contributed by atoms with van der Waals surface area (Å²) in [7, 11) is 0. The molecule has 0 fully saturated rings. The second-order valence-corrected chi connectivity index (χ2v) is 6.41. The van der Waals surface area contributed by atoms with Crippen LogP contribution in [0.4, 0.5) is 5.82 Å². The quantitative estimate of drug-likeness (QED) is 0.747. The van der Waals surface area contributed by atoms with E-state index in [2.05, 4.69) is 20.6 Å². The van der Waals surface area contributed by atoms with Crippen LogP contribution in [-0.2, 0) is 4.79 Å². The van der Waals surface area contributed by atoms with Gasteiger partial charge in [-0.3, -0.25) is 4.79 Å². The summed E-state index contributed by atoms with van der Waals surface area (Å²) in [5.41, 5.74) is 6.36. The Hall–Kier alpha value is -2.48. The Balaban J connectivity index is 1.89. The lowest BCUT2D eigenvalue weighted by Gasteiger charge is -2.20. The monoisotopic (exact) mass is 316 g/mol. The molecule has 0 aliphatic carbocycles. The molecule has 0 atom stereocenters. The van der Waals surface area contributed by atoms with Crippen molar-refractivity contribution in [1.29, 1.82) is 0 Å². The number of fused-ring (bicyclic) bond motifs is 1. The molecule has 3 heterocycles. The van der Waals surface area contributed by atoms with Gasteiger partial charge >= 0.3 is 0 Å². The summed E-state index contributed by atoms with van der Waals surface area (Å²) in [6, 6.07) is 5.60. The summed E-state index contributed by atoms with van der Waals surface area (Å²) in [4.78, 5) is 11.4. The first-order valence-corrected chi connectivity index (χ1v) is 7.70. The fraction of sp³-hybridized carbons (Fsp3) is 0.286. The normalized spacial score (nSPS) is 11.7. The zero-order valence-electron chi connectivity index (χ0n) is 12.3. The van der Waals surface area contributed by atoms with Gasteiger partial charge in [0, 0.05) is 17.5 Å². The molecule has 3 aromatic rings. The molecule has 3 rings (SSSR count). The summed E-state index contributed by atoms with van der Waals surface area (Å²) in [6.07, 6.45) is 0. The lowest BCUT2D eigenvalue weighted by molar-refractivity contribution is -0.125. The van der Waals surface area contributed by atoms with Crippen LogP contribution in [0.5, 0.6) is 0 Å². The van der Waals surface area contributed by atoms with Gasteiger partial charge in [-0.25, -0.2) is 0 Å². The summed E-state index contributed by atoms with van der Waals surface area (Å²) in [6.45, 7) is 3.98. The van der Waals surface area contributed by atoms with Gasteiger partial charge < -0.3 is 11.1 Å². The molecule has 8 heteroatoms. The lowest BCUT2D eigenvalue weighted by atomic mass is 9.93. The first kappa shape index (κ1) is 14.5. The van der Waals surface area contributed by atoms with Crippen molar-refractivity contribution in [3.05, 3.63) is 29.0 Å². The number of thiophene rings is 1. The Labute approximate surface area is 131 Å². The highest BCUT2D eigenvalue weighted by Gasteiger charge is 2.24. The molecule has 0 spiro atoms. The average Bonchev–Trinajstić information content (AvgIpc) is 3.13. The number of amides is 1. The van der Waals surface area contributed by atoms with Crippen LogP contribution in [0.1, 0.15) is 13.8 Å². The van der Waals surface area contributed by atoms with Crippen LogP contribution in [-0.4, -0.2) is 32.3 Å². The van der Waals surface area contributed by atoms with E-state index in [0.29, 0.717) is 23.8 Å². The SMILES string of the molecule is CC(C)(CNc1ccc2nnc(-c3ccsc3)n2n1)C(N)=O. The molecule has 3 N–H and O–H groups in total. The summed E-state index contributed by atoms with van der Waals surface area (Å²) in [5, 5.41) is 19.9. The summed E-state index contributed by atoms with van der Waals surface area (Å²) >= 11 is 1.59. The van der Waals surface area contributed by atoms with Gasteiger partial charge in [0.2, 0.25) is 5.91 Å². The maximum Gasteiger partial charge on any atom is 0.224 e. The van der Waals surface area contributed by atoms with Crippen LogP contribution in [0.25, 0.3) is 17.0 Å². The van der Waals surface area contributed by atoms with Crippen LogP contribution < -0.4 is 11.1 Å². The van der Waals surface area contributed by atoms with E-state index in [0.717, 1.165) is 5.56 Å². The van der Waals surface area contributed by atoms with Crippen molar-refractivity contribution in [1.82, 2.24) is 19.8 Å². The smallest absolute Gasteiger partial charge is 0.224 e. The Morgan fingerprint density at radius 3 is 2.86 bits per heavy atom. The number of carbonyl (C=O) groups excluding carboxylic acids is 1. The number of nitrogens with two attached hydrogens (primary N) is 1. The summed E-state index contributed by atoms with van der Waals surface area (Å²) in [5.74, 6) is 0.969. The third-order valence-corrected chi connectivity index (χ3v) is 4.10. The number of nitrogens with zero attached hydrogens (tertiary/aromatic N) is 4. The van der Waals surface area contributed by atoms with Crippen LogP contribution in [0.15, 0.2) is 29.0 Å². The number of hydrogen-bond donors (Lipinski definition) is 2. The van der Waals surface area contributed by atoms with Crippen molar-refractivity contribution in [3.8, 4) is 11.4 Å². The summed E-state index contributed by atoms with van der Waals surface area (Å²) < 4.78 is 1.68. The molecular weight excluding hydrogens is 300 g/mol. The number of primary amides is 1. The highest BCUT2D eigenvalue weighted by molar-refractivity contribution is 7.08. The molecule has 0 radical (unpaired) electrons. The van der Waals surface area contributed by atoms with E-state index in [4.69, 9.17) is 5.73 Å². The molecule has 1 amide bonds. The first-order chi connectivity index (χ1) is 10.5. The second-order valence-electron chi connectivity index (χ2n) is 5.63. The van der Waals surface area contributed by atoms with E-state index in [-0.39, 0.29) is 5.91 Å². The zero-order chi connectivity index (χ0) is 15.7. The minimum Gasteiger partial charge on any atom is -0.369 e. The van der Waals surface area contributed by atoms with Crippen LogP contribution in [0, 0.1) is 5.41 Å². The molecule has 114 valence electrons. The van der Waals surface area contributed by atoms with E-state index < -0.39 is 5.41 Å². The zero-order valence-corrected chi connectivity index (χ0v) is 13.1. The molecule has 3 aromatic heterocycles. The predicted octanol–water partition coefficient (Wildman–Crippen LogP) is 1.78. The van der Waals surface area contributed by atoms with Gasteiger partial charge in [-0.05, 0) is 37.4 Å². The second kappa shape index (κ2) is 5.38. The first-order valence-electron chi connectivity index (χ1n) is 6.76. The van der Waals surface area contributed by atoms with Crippen LogP contribution in [0.3, 0.4) is 0 Å². The largest absolute Gasteiger partial charge is 0.369 e. The van der Waals surface area contributed by atoms with Crippen molar-refractivity contribution in [2.75, 3.05) is 11.9 Å². The topological polar surface area (TPSA) is 98.2 Å². The standard InChI is InChI=1S/C14H16N6OS/c1-14(2,13(15)21)8-16-10-3-4-11-17-18-12(20(11)19-10)9-5-6-22-7-9/h3-7H,8H2,1-2H3,(H2,15,21)(H,16,19). The van der Waals surface area contributed by atoms with Gasteiger partial charge in [0.15, 0.2) is 11.5 Å². The number of carbonyl (C=O) groups is 1. The van der Waals surface area contributed by atoms with Crippen LogP contribution in [0.2, 0.25) is 0 Å².